The van der Waals surface area contributed by atoms with Gasteiger partial charge in [0, 0.05) is 39.2 Å². The van der Waals surface area contributed by atoms with E-state index in [-0.39, 0.29) is 30.6 Å². The first-order chi connectivity index (χ1) is 17.4. The van der Waals surface area contributed by atoms with Crippen molar-refractivity contribution in [3.05, 3.63) is 89.5 Å². The van der Waals surface area contributed by atoms with Crippen molar-refractivity contribution < 1.29 is 19.1 Å². The number of rotatable bonds is 8. The van der Waals surface area contributed by atoms with Gasteiger partial charge in [-0.3, -0.25) is 19.3 Å². The fourth-order valence-electron chi connectivity index (χ4n) is 4.13. The second kappa shape index (κ2) is 11.7. The summed E-state index contributed by atoms with van der Waals surface area (Å²) in [6, 6.07) is 22.8. The fraction of sp³-hybridized carbons (Fsp3) is 0.276. The van der Waals surface area contributed by atoms with Crippen LogP contribution in [0, 0.1) is 0 Å². The predicted octanol–water partition coefficient (Wildman–Crippen LogP) is 3.75. The van der Waals surface area contributed by atoms with Gasteiger partial charge in [0.2, 0.25) is 5.91 Å². The van der Waals surface area contributed by atoms with Gasteiger partial charge in [-0.15, -0.1) is 0 Å². The number of nitrogens with zero attached hydrogens (tertiary/aromatic N) is 2. The standard InChI is InChI=1S/C29H31N3O4/c1-31(2)29(35)25-13-12-24(19-26(25)30-28(34)20-32-14-16-36-17-15-32)27(33)18-21-8-10-23(11-9-21)22-6-4-3-5-7-22/h3-13,19H,14-18,20H2,1-2H3,(H,30,34). The zero-order chi connectivity index (χ0) is 25.5. The molecule has 2 amide bonds. The number of hydrogen-bond donors (Lipinski definition) is 1. The number of ether oxygens (including phenoxy) is 1. The van der Waals surface area contributed by atoms with E-state index >= 15 is 0 Å². The lowest BCUT2D eigenvalue weighted by atomic mass is 9.98. The van der Waals surface area contributed by atoms with E-state index in [4.69, 9.17) is 4.74 Å². The zero-order valence-corrected chi connectivity index (χ0v) is 20.7. The molecule has 0 bridgehead atoms. The van der Waals surface area contributed by atoms with Crippen molar-refractivity contribution in [2.45, 2.75) is 6.42 Å². The highest BCUT2D eigenvalue weighted by atomic mass is 16.5. The SMILES string of the molecule is CN(C)C(=O)c1ccc(C(=O)Cc2ccc(-c3ccccc3)cc2)cc1NC(=O)CN1CCOCC1. The molecule has 186 valence electrons. The topological polar surface area (TPSA) is 79.0 Å². The van der Waals surface area contributed by atoms with Crippen LogP contribution in [0.2, 0.25) is 0 Å². The maximum atomic E-state index is 13.1. The van der Waals surface area contributed by atoms with Crippen LogP contribution in [0.4, 0.5) is 5.69 Å². The Morgan fingerprint density at radius 3 is 2.22 bits per heavy atom. The van der Waals surface area contributed by atoms with Gasteiger partial charge in [0.15, 0.2) is 5.78 Å². The highest BCUT2D eigenvalue weighted by Gasteiger charge is 2.20. The van der Waals surface area contributed by atoms with Crippen LogP contribution in [0.25, 0.3) is 11.1 Å². The van der Waals surface area contributed by atoms with Gasteiger partial charge in [0.05, 0.1) is 31.0 Å². The monoisotopic (exact) mass is 485 g/mol. The third-order valence-corrected chi connectivity index (χ3v) is 6.15. The van der Waals surface area contributed by atoms with E-state index < -0.39 is 0 Å². The molecule has 1 aliphatic rings. The van der Waals surface area contributed by atoms with Crippen molar-refractivity contribution in [1.29, 1.82) is 0 Å². The van der Waals surface area contributed by atoms with Crippen LogP contribution < -0.4 is 5.32 Å². The van der Waals surface area contributed by atoms with E-state index in [0.29, 0.717) is 43.1 Å². The molecular formula is C29H31N3O4. The zero-order valence-electron chi connectivity index (χ0n) is 20.7. The number of ketones is 1. The molecule has 0 aromatic heterocycles. The molecule has 1 N–H and O–H groups in total. The smallest absolute Gasteiger partial charge is 0.255 e. The van der Waals surface area contributed by atoms with E-state index in [2.05, 4.69) is 5.32 Å². The Hall–Kier alpha value is -3.81. The van der Waals surface area contributed by atoms with Gasteiger partial charge in [-0.05, 0) is 28.8 Å². The molecule has 3 aromatic rings. The molecule has 7 nitrogen and oxygen atoms in total. The highest BCUT2D eigenvalue weighted by molar-refractivity contribution is 6.07. The van der Waals surface area contributed by atoms with Gasteiger partial charge >= 0.3 is 0 Å². The molecule has 7 heteroatoms. The Morgan fingerprint density at radius 1 is 0.889 bits per heavy atom. The second-order valence-electron chi connectivity index (χ2n) is 9.06. The van der Waals surface area contributed by atoms with Crippen LogP contribution in [-0.2, 0) is 16.0 Å². The largest absolute Gasteiger partial charge is 0.379 e. The Bertz CT molecular complexity index is 1220. The summed E-state index contributed by atoms with van der Waals surface area (Å²) in [4.78, 5) is 42.0. The summed E-state index contributed by atoms with van der Waals surface area (Å²) in [5, 5.41) is 2.86. The normalized spacial score (nSPS) is 13.7. The van der Waals surface area contributed by atoms with Gasteiger partial charge in [0.25, 0.3) is 5.91 Å². The molecule has 1 aliphatic heterocycles. The maximum Gasteiger partial charge on any atom is 0.255 e. The van der Waals surface area contributed by atoms with E-state index in [9.17, 15) is 14.4 Å². The minimum Gasteiger partial charge on any atom is -0.379 e. The first kappa shape index (κ1) is 25.3. The number of hydrogen-bond acceptors (Lipinski definition) is 5. The fourth-order valence-corrected chi connectivity index (χ4v) is 4.13. The molecule has 0 spiro atoms. The van der Waals surface area contributed by atoms with E-state index in [1.807, 2.05) is 59.5 Å². The van der Waals surface area contributed by atoms with Crippen molar-refractivity contribution in [1.82, 2.24) is 9.80 Å². The maximum absolute atomic E-state index is 13.1. The van der Waals surface area contributed by atoms with Crippen LogP contribution in [0.5, 0.6) is 0 Å². The number of morpholine rings is 1. The molecule has 1 saturated heterocycles. The molecule has 0 radical (unpaired) electrons. The predicted molar refractivity (Wildman–Crippen MR) is 140 cm³/mol. The molecule has 0 atom stereocenters. The number of amides is 2. The Balaban J connectivity index is 1.50. The summed E-state index contributed by atoms with van der Waals surface area (Å²) in [6.45, 7) is 2.74. The van der Waals surface area contributed by atoms with E-state index in [1.54, 1.807) is 32.3 Å². The third kappa shape index (κ3) is 6.44. The van der Waals surface area contributed by atoms with Crippen molar-refractivity contribution in [3.8, 4) is 11.1 Å². The van der Waals surface area contributed by atoms with Crippen LogP contribution >= 0.6 is 0 Å². The average molecular weight is 486 g/mol. The highest BCUT2D eigenvalue weighted by Crippen LogP contribution is 2.23. The van der Waals surface area contributed by atoms with Gasteiger partial charge < -0.3 is 15.0 Å². The van der Waals surface area contributed by atoms with Crippen LogP contribution in [0.1, 0.15) is 26.3 Å². The molecule has 4 rings (SSSR count). The summed E-state index contributed by atoms with van der Waals surface area (Å²) in [6.07, 6.45) is 0.219. The lowest BCUT2D eigenvalue weighted by Gasteiger charge is -2.26. The molecule has 0 unspecified atom stereocenters. The lowest BCUT2D eigenvalue weighted by molar-refractivity contribution is -0.118. The molecule has 1 fully saturated rings. The Kier molecular flexibility index (Phi) is 8.25. The molecule has 36 heavy (non-hydrogen) atoms. The third-order valence-electron chi connectivity index (χ3n) is 6.15. The molecular weight excluding hydrogens is 454 g/mol. The average Bonchev–Trinajstić information content (AvgIpc) is 2.89. The van der Waals surface area contributed by atoms with E-state index in [0.717, 1.165) is 16.7 Å². The molecule has 3 aromatic carbocycles. The van der Waals surface area contributed by atoms with Crippen LogP contribution in [0.3, 0.4) is 0 Å². The summed E-state index contributed by atoms with van der Waals surface area (Å²) in [5.41, 5.74) is 4.24. The van der Waals surface area contributed by atoms with Crippen molar-refractivity contribution in [2.75, 3.05) is 52.3 Å². The minimum atomic E-state index is -0.243. The quantitative estimate of drug-likeness (QED) is 0.492. The van der Waals surface area contributed by atoms with Gasteiger partial charge in [-0.1, -0.05) is 60.7 Å². The summed E-state index contributed by atoms with van der Waals surface area (Å²) in [7, 11) is 3.31. The second-order valence-corrected chi connectivity index (χ2v) is 9.06. The first-order valence-electron chi connectivity index (χ1n) is 12.0. The van der Waals surface area contributed by atoms with Crippen molar-refractivity contribution >= 4 is 23.3 Å². The van der Waals surface area contributed by atoms with Gasteiger partial charge in [-0.25, -0.2) is 0 Å². The van der Waals surface area contributed by atoms with Crippen molar-refractivity contribution in [3.63, 3.8) is 0 Å². The summed E-state index contributed by atoms with van der Waals surface area (Å²) >= 11 is 0. The molecule has 0 saturated carbocycles. The number of Topliss-reactive ketones (excluding diaryl/α,β-unsaturated/α-hetero) is 1. The van der Waals surface area contributed by atoms with Crippen molar-refractivity contribution in [2.24, 2.45) is 0 Å². The van der Waals surface area contributed by atoms with Crippen LogP contribution in [-0.4, -0.2) is 74.3 Å². The van der Waals surface area contributed by atoms with E-state index in [1.165, 1.54) is 4.90 Å². The number of anilines is 1. The number of nitrogens with one attached hydrogen (secondary N) is 1. The van der Waals surface area contributed by atoms with Crippen LogP contribution in [0.15, 0.2) is 72.8 Å². The minimum absolute atomic E-state index is 0.0880. The first-order valence-corrected chi connectivity index (χ1v) is 12.0. The summed E-state index contributed by atoms with van der Waals surface area (Å²) < 4.78 is 5.34. The summed E-state index contributed by atoms with van der Waals surface area (Å²) in [5.74, 6) is -0.562. The molecule has 0 aliphatic carbocycles. The molecule has 1 heterocycles. The Labute approximate surface area is 211 Å². The van der Waals surface area contributed by atoms with Gasteiger partial charge in [0.1, 0.15) is 0 Å². The Morgan fingerprint density at radius 2 is 1.56 bits per heavy atom. The lowest BCUT2D eigenvalue weighted by Crippen LogP contribution is -2.41. The van der Waals surface area contributed by atoms with Gasteiger partial charge in [-0.2, -0.15) is 0 Å². The number of benzene rings is 3. The number of carbonyl (C=O) groups excluding carboxylic acids is 3. The number of carbonyl (C=O) groups is 3.